The zero-order valence-electron chi connectivity index (χ0n) is 9.71. The molecule has 0 saturated carbocycles. The molecule has 2 aromatic rings. The Morgan fingerprint density at radius 3 is 2.72 bits per heavy atom. The number of carbonyl (C=O) groups is 1. The molecule has 0 unspecified atom stereocenters. The molecule has 0 bridgehead atoms. The van der Waals surface area contributed by atoms with Gasteiger partial charge in [0.15, 0.2) is 5.82 Å². The Kier molecular flexibility index (Phi) is 3.09. The van der Waals surface area contributed by atoms with E-state index < -0.39 is 5.97 Å². The van der Waals surface area contributed by atoms with Crippen LogP contribution in [-0.2, 0) is 0 Å². The average Bonchev–Trinajstić information content (AvgIpc) is 2.34. The molecule has 2 rings (SSSR count). The number of carboxylic acid groups (broad SMARTS) is 1. The maximum absolute atomic E-state index is 11.1. The molecule has 0 radical (unpaired) electrons. The number of rotatable bonds is 3. The Balaban J connectivity index is 2.41. The summed E-state index contributed by atoms with van der Waals surface area (Å²) in [6.45, 7) is 1.91. The smallest absolute Gasteiger partial charge is 0.339 e. The number of aromatic nitrogens is 2. The summed E-state index contributed by atoms with van der Waals surface area (Å²) in [5, 5.41) is 19.4. The van der Waals surface area contributed by atoms with E-state index in [0.717, 1.165) is 11.3 Å². The zero-order valence-corrected chi connectivity index (χ0v) is 9.71. The minimum absolute atomic E-state index is 0.00856. The maximum Gasteiger partial charge on any atom is 0.339 e. The molecule has 1 heterocycles. The predicted octanol–water partition coefficient (Wildman–Crippen LogP) is 1.81. The lowest BCUT2D eigenvalue weighted by Gasteiger charge is -2.10. The molecule has 92 valence electrons. The predicted molar refractivity (Wildman–Crippen MR) is 67.9 cm³/mol. The van der Waals surface area contributed by atoms with Gasteiger partial charge in [0.05, 0.1) is 0 Å². The van der Waals surface area contributed by atoms with E-state index >= 15 is 0 Å². The van der Waals surface area contributed by atoms with Crippen LogP contribution in [0.3, 0.4) is 0 Å². The number of aromatic carboxylic acids is 1. The van der Waals surface area contributed by atoms with Crippen LogP contribution in [0.15, 0.2) is 30.3 Å². The highest BCUT2D eigenvalue weighted by atomic mass is 16.4. The number of anilines is 3. The summed E-state index contributed by atoms with van der Waals surface area (Å²) >= 11 is 0. The summed E-state index contributed by atoms with van der Waals surface area (Å²) in [7, 11) is 0. The first-order valence-electron chi connectivity index (χ1n) is 5.27. The highest BCUT2D eigenvalue weighted by Crippen LogP contribution is 2.21. The van der Waals surface area contributed by atoms with Crippen molar-refractivity contribution in [2.24, 2.45) is 0 Å². The molecule has 0 saturated heterocycles. The number of para-hydroxylation sites is 1. The van der Waals surface area contributed by atoms with Gasteiger partial charge in [-0.05, 0) is 18.6 Å². The monoisotopic (exact) mass is 244 g/mol. The van der Waals surface area contributed by atoms with Crippen molar-refractivity contribution in [1.29, 1.82) is 0 Å². The van der Waals surface area contributed by atoms with Crippen LogP contribution in [0, 0.1) is 6.92 Å². The Labute approximate surface area is 103 Å². The zero-order chi connectivity index (χ0) is 13.1. The van der Waals surface area contributed by atoms with Crippen molar-refractivity contribution in [2.75, 3.05) is 11.1 Å². The van der Waals surface area contributed by atoms with Gasteiger partial charge in [0.25, 0.3) is 0 Å². The second-order valence-corrected chi connectivity index (χ2v) is 3.78. The lowest BCUT2D eigenvalue weighted by Crippen LogP contribution is -2.08. The van der Waals surface area contributed by atoms with E-state index in [1.165, 1.54) is 6.07 Å². The molecular formula is C12H12N4O2. The quantitative estimate of drug-likeness (QED) is 0.761. The number of nitrogens with zero attached hydrogens (tertiary/aromatic N) is 2. The van der Waals surface area contributed by atoms with Crippen LogP contribution in [0.2, 0.25) is 0 Å². The van der Waals surface area contributed by atoms with Crippen molar-refractivity contribution in [3.8, 4) is 0 Å². The van der Waals surface area contributed by atoms with E-state index in [2.05, 4.69) is 15.5 Å². The normalized spacial score (nSPS) is 10.1. The van der Waals surface area contributed by atoms with Crippen molar-refractivity contribution < 1.29 is 9.90 Å². The fraction of sp³-hybridized carbons (Fsp3) is 0.0833. The van der Waals surface area contributed by atoms with Gasteiger partial charge in [-0.15, -0.1) is 10.2 Å². The topological polar surface area (TPSA) is 101 Å². The van der Waals surface area contributed by atoms with Crippen molar-refractivity contribution in [2.45, 2.75) is 6.92 Å². The molecule has 0 aliphatic rings. The van der Waals surface area contributed by atoms with Gasteiger partial charge in [-0.2, -0.15) is 0 Å². The van der Waals surface area contributed by atoms with Crippen LogP contribution in [0.4, 0.5) is 17.3 Å². The second kappa shape index (κ2) is 4.70. The molecular weight excluding hydrogens is 232 g/mol. The minimum Gasteiger partial charge on any atom is -0.478 e. The first-order valence-corrected chi connectivity index (χ1v) is 5.27. The Bertz CT molecular complexity index is 598. The summed E-state index contributed by atoms with van der Waals surface area (Å²) in [5.74, 6) is -0.860. The molecule has 4 N–H and O–H groups in total. The van der Waals surface area contributed by atoms with Crippen molar-refractivity contribution in [1.82, 2.24) is 10.2 Å². The van der Waals surface area contributed by atoms with Gasteiger partial charge in [-0.1, -0.05) is 18.2 Å². The summed E-state index contributed by atoms with van der Waals surface area (Å²) in [6, 6.07) is 8.76. The first kappa shape index (κ1) is 11.8. The third-order valence-electron chi connectivity index (χ3n) is 2.44. The van der Waals surface area contributed by atoms with E-state index in [0.29, 0.717) is 0 Å². The minimum atomic E-state index is -1.10. The number of nitrogens with two attached hydrogens (primary N) is 1. The molecule has 0 spiro atoms. The Morgan fingerprint density at radius 1 is 1.33 bits per heavy atom. The standard InChI is InChI=1S/C12H12N4O2/c1-7-4-2-3-5-9(7)14-11-8(12(17)18)6-10(13)15-16-11/h2-6H,1H3,(H2,13,15)(H,14,16)(H,17,18). The largest absolute Gasteiger partial charge is 0.478 e. The van der Waals surface area contributed by atoms with Gasteiger partial charge < -0.3 is 16.2 Å². The molecule has 6 nitrogen and oxygen atoms in total. The van der Waals surface area contributed by atoms with Gasteiger partial charge in [0.2, 0.25) is 0 Å². The molecule has 0 atom stereocenters. The molecule has 18 heavy (non-hydrogen) atoms. The van der Waals surface area contributed by atoms with E-state index in [4.69, 9.17) is 10.8 Å². The number of hydrogen-bond acceptors (Lipinski definition) is 5. The summed E-state index contributed by atoms with van der Waals surface area (Å²) in [4.78, 5) is 11.1. The number of nitrogen functional groups attached to an aromatic ring is 1. The van der Waals surface area contributed by atoms with Crippen molar-refractivity contribution in [3.63, 3.8) is 0 Å². The molecule has 0 fully saturated rings. The van der Waals surface area contributed by atoms with Crippen LogP contribution in [0.25, 0.3) is 0 Å². The number of aryl methyl sites for hydroxylation is 1. The SMILES string of the molecule is Cc1ccccc1Nc1nnc(N)cc1C(=O)O. The third-order valence-corrected chi connectivity index (χ3v) is 2.44. The number of hydrogen-bond donors (Lipinski definition) is 3. The van der Waals surface area contributed by atoms with Crippen LogP contribution in [0.1, 0.15) is 15.9 Å². The lowest BCUT2D eigenvalue weighted by molar-refractivity contribution is 0.0697. The maximum atomic E-state index is 11.1. The van der Waals surface area contributed by atoms with Crippen LogP contribution >= 0.6 is 0 Å². The van der Waals surface area contributed by atoms with Gasteiger partial charge in [0.1, 0.15) is 11.4 Å². The first-order chi connectivity index (χ1) is 8.58. The number of carboxylic acids is 1. The van der Waals surface area contributed by atoms with Crippen molar-refractivity contribution >= 4 is 23.3 Å². The highest BCUT2D eigenvalue weighted by Gasteiger charge is 2.13. The molecule has 0 aliphatic carbocycles. The highest BCUT2D eigenvalue weighted by molar-refractivity contribution is 5.94. The van der Waals surface area contributed by atoms with Crippen molar-refractivity contribution in [3.05, 3.63) is 41.5 Å². The van der Waals surface area contributed by atoms with Crippen LogP contribution in [0.5, 0.6) is 0 Å². The molecule has 6 heteroatoms. The van der Waals surface area contributed by atoms with Crippen LogP contribution < -0.4 is 11.1 Å². The van der Waals surface area contributed by atoms with Gasteiger partial charge >= 0.3 is 5.97 Å². The molecule has 0 aliphatic heterocycles. The molecule has 1 aromatic heterocycles. The number of benzene rings is 1. The van der Waals surface area contributed by atoms with Crippen LogP contribution in [-0.4, -0.2) is 21.3 Å². The summed E-state index contributed by atoms with van der Waals surface area (Å²) in [5.41, 5.74) is 7.17. The molecule has 0 amide bonds. The van der Waals surface area contributed by atoms with E-state index in [-0.39, 0.29) is 17.2 Å². The van der Waals surface area contributed by atoms with Gasteiger partial charge in [-0.25, -0.2) is 4.79 Å². The number of nitrogens with one attached hydrogen (secondary N) is 1. The Hall–Kier alpha value is -2.63. The summed E-state index contributed by atoms with van der Waals surface area (Å²) in [6.07, 6.45) is 0. The summed E-state index contributed by atoms with van der Waals surface area (Å²) < 4.78 is 0. The Morgan fingerprint density at radius 2 is 2.06 bits per heavy atom. The molecule has 1 aromatic carbocycles. The second-order valence-electron chi connectivity index (χ2n) is 3.78. The van der Waals surface area contributed by atoms with Gasteiger partial charge in [0, 0.05) is 11.8 Å². The lowest BCUT2D eigenvalue weighted by atomic mass is 10.2. The fourth-order valence-electron chi connectivity index (χ4n) is 1.50. The average molecular weight is 244 g/mol. The van der Waals surface area contributed by atoms with E-state index in [1.54, 1.807) is 0 Å². The fourth-order valence-corrected chi connectivity index (χ4v) is 1.50. The van der Waals surface area contributed by atoms with E-state index in [1.807, 2.05) is 31.2 Å². The van der Waals surface area contributed by atoms with E-state index in [9.17, 15) is 4.79 Å². The third kappa shape index (κ3) is 2.37. The van der Waals surface area contributed by atoms with Gasteiger partial charge in [-0.3, -0.25) is 0 Å².